The van der Waals surface area contributed by atoms with Gasteiger partial charge >= 0.3 is 0 Å². The molecule has 0 radical (unpaired) electrons. The van der Waals surface area contributed by atoms with E-state index in [-0.39, 0.29) is 17.4 Å². The Labute approximate surface area is 166 Å². The minimum Gasteiger partial charge on any atom is -0.352 e. The van der Waals surface area contributed by atoms with Gasteiger partial charge in [-0.05, 0) is 12.5 Å². The van der Waals surface area contributed by atoms with E-state index in [2.05, 4.69) is 50.4 Å². The number of hydrogen-bond donors (Lipinski definition) is 1. The van der Waals surface area contributed by atoms with E-state index < -0.39 is 0 Å². The maximum Gasteiger partial charge on any atom is 0.222 e. The van der Waals surface area contributed by atoms with Crippen LogP contribution in [0.2, 0.25) is 0 Å². The highest BCUT2D eigenvalue weighted by Crippen LogP contribution is 2.43. The van der Waals surface area contributed by atoms with Crippen LogP contribution in [-0.4, -0.2) is 70.6 Å². The zero-order valence-corrected chi connectivity index (χ0v) is 16.6. The highest BCUT2D eigenvalue weighted by Gasteiger charge is 2.55. The molecular formula is C22H29N5O. The van der Waals surface area contributed by atoms with Crippen molar-refractivity contribution in [3.8, 4) is 0 Å². The third-order valence-electron chi connectivity index (χ3n) is 6.96. The first-order valence-corrected chi connectivity index (χ1v) is 10.4. The number of amides is 1. The molecule has 1 aromatic heterocycles. The summed E-state index contributed by atoms with van der Waals surface area (Å²) < 4.78 is 2.05. The molecule has 0 spiro atoms. The average molecular weight is 380 g/mol. The number of fused-ring (bicyclic) bond motifs is 1. The molecule has 6 rings (SSSR count). The van der Waals surface area contributed by atoms with Crippen molar-refractivity contribution in [1.82, 2.24) is 24.7 Å². The fourth-order valence-electron chi connectivity index (χ4n) is 5.68. The zero-order chi connectivity index (χ0) is 19.1. The minimum absolute atomic E-state index is 0.0144. The Hall–Kier alpha value is -2.18. The van der Waals surface area contributed by atoms with Crippen LogP contribution < -0.4 is 5.32 Å². The molecule has 4 aliphatic heterocycles. The van der Waals surface area contributed by atoms with Gasteiger partial charge in [-0.3, -0.25) is 4.79 Å². The Morgan fingerprint density at radius 2 is 1.89 bits per heavy atom. The molecule has 148 valence electrons. The number of rotatable bonds is 5. The summed E-state index contributed by atoms with van der Waals surface area (Å²) in [5.74, 6) is 1.61. The Morgan fingerprint density at radius 3 is 2.54 bits per heavy atom. The van der Waals surface area contributed by atoms with E-state index in [0.29, 0.717) is 18.9 Å². The van der Waals surface area contributed by atoms with E-state index >= 15 is 0 Å². The zero-order valence-electron chi connectivity index (χ0n) is 16.6. The predicted octanol–water partition coefficient (Wildman–Crippen LogP) is 1.27. The van der Waals surface area contributed by atoms with Gasteiger partial charge in [0.1, 0.15) is 5.82 Å². The van der Waals surface area contributed by atoms with Crippen molar-refractivity contribution in [2.45, 2.75) is 31.3 Å². The first kappa shape index (κ1) is 17.9. The van der Waals surface area contributed by atoms with Crippen molar-refractivity contribution in [1.29, 1.82) is 0 Å². The third-order valence-corrected chi connectivity index (χ3v) is 6.96. The number of imidazole rings is 1. The summed E-state index contributed by atoms with van der Waals surface area (Å²) >= 11 is 0. The molecule has 4 aliphatic rings. The number of aromatic nitrogens is 2. The van der Waals surface area contributed by atoms with Crippen LogP contribution in [0.15, 0.2) is 42.7 Å². The number of carbonyl (C=O) groups excluding carboxylic acids is 1. The predicted molar refractivity (Wildman–Crippen MR) is 108 cm³/mol. The molecular weight excluding hydrogens is 350 g/mol. The van der Waals surface area contributed by atoms with Crippen LogP contribution in [0.4, 0.5) is 0 Å². The molecule has 2 unspecified atom stereocenters. The summed E-state index contributed by atoms with van der Waals surface area (Å²) in [5.41, 5.74) is 1.35. The monoisotopic (exact) mass is 379 g/mol. The van der Waals surface area contributed by atoms with Gasteiger partial charge in [-0.2, -0.15) is 0 Å². The van der Waals surface area contributed by atoms with Gasteiger partial charge in [-0.15, -0.1) is 0 Å². The van der Waals surface area contributed by atoms with Crippen molar-refractivity contribution in [3.63, 3.8) is 0 Å². The number of piperidine rings is 2. The largest absolute Gasteiger partial charge is 0.352 e. The molecule has 1 N–H and O–H groups in total. The average Bonchev–Trinajstić information content (AvgIpc) is 2.94. The Bertz CT molecular complexity index is 832. The molecule has 0 aliphatic carbocycles. The maximum absolute atomic E-state index is 12.9. The Balaban J connectivity index is 1.39. The maximum atomic E-state index is 12.9. The topological polar surface area (TPSA) is 53.4 Å². The van der Waals surface area contributed by atoms with Gasteiger partial charge in [-0.25, -0.2) is 4.98 Å². The molecule has 2 aromatic rings. The summed E-state index contributed by atoms with van der Waals surface area (Å²) in [5, 5.41) is 3.48. The lowest BCUT2D eigenvalue weighted by molar-refractivity contribution is -0.124. The molecule has 3 atom stereocenters. The van der Waals surface area contributed by atoms with Crippen LogP contribution in [0.5, 0.6) is 0 Å². The number of aryl methyl sites for hydroxylation is 2. The lowest BCUT2D eigenvalue weighted by atomic mass is 9.64. The van der Waals surface area contributed by atoms with E-state index in [1.165, 1.54) is 5.56 Å². The first-order chi connectivity index (χ1) is 13.6. The van der Waals surface area contributed by atoms with Crippen LogP contribution in [0.25, 0.3) is 0 Å². The van der Waals surface area contributed by atoms with Crippen molar-refractivity contribution in [2.24, 2.45) is 5.92 Å². The smallest absolute Gasteiger partial charge is 0.222 e. The number of benzene rings is 1. The normalized spacial score (nSPS) is 33.6. The van der Waals surface area contributed by atoms with E-state index in [0.717, 1.165) is 45.1 Å². The number of carbonyl (C=O) groups is 1. The van der Waals surface area contributed by atoms with Crippen LogP contribution in [0, 0.1) is 12.8 Å². The summed E-state index contributed by atoms with van der Waals surface area (Å²) in [6, 6.07) is 11.1. The second-order valence-corrected chi connectivity index (χ2v) is 8.72. The SMILES string of the molecule is Cc1nccn1CCC(=O)N[C@@H]1C2CN3CCN(C2)CC1(c1ccccc1)C3. The van der Waals surface area contributed by atoms with Gasteiger partial charge in [0.25, 0.3) is 0 Å². The third kappa shape index (κ3) is 3.05. The van der Waals surface area contributed by atoms with Crippen molar-refractivity contribution < 1.29 is 4.79 Å². The number of nitrogens with one attached hydrogen (secondary N) is 1. The van der Waals surface area contributed by atoms with Crippen molar-refractivity contribution in [2.75, 3.05) is 39.3 Å². The Kier molecular flexibility index (Phi) is 4.48. The summed E-state index contributed by atoms with van der Waals surface area (Å²) in [6.45, 7) is 9.22. The minimum atomic E-state index is -0.0144. The standard InChI is InChI=1S/C22H29N5O/c1-17-23-8-10-27(17)9-7-20(28)24-21-18-13-25-11-12-26(14-18)16-22(21,15-25)19-5-3-2-4-6-19/h2-6,8,10,18,21H,7,9,11-16H2,1H3,(H,24,28)/t18?,21-,22?/m1/s1. The fraction of sp³-hybridized carbons (Fsp3) is 0.545. The molecule has 4 saturated heterocycles. The quantitative estimate of drug-likeness (QED) is 0.850. The molecule has 6 nitrogen and oxygen atoms in total. The van der Waals surface area contributed by atoms with Crippen LogP contribution >= 0.6 is 0 Å². The van der Waals surface area contributed by atoms with Gasteiger partial charge < -0.3 is 19.7 Å². The second-order valence-electron chi connectivity index (χ2n) is 8.72. The lowest BCUT2D eigenvalue weighted by Gasteiger charge is -2.55. The molecule has 6 heteroatoms. The van der Waals surface area contributed by atoms with Crippen molar-refractivity contribution in [3.05, 3.63) is 54.1 Å². The number of nitrogens with zero attached hydrogens (tertiary/aromatic N) is 4. The molecule has 0 saturated carbocycles. The van der Waals surface area contributed by atoms with E-state index in [1.807, 2.05) is 17.7 Å². The Morgan fingerprint density at radius 1 is 1.18 bits per heavy atom. The molecule has 4 fully saturated rings. The summed E-state index contributed by atoms with van der Waals surface area (Å²) in [4.78, 5) is 22.4. The van der Waals surface area contributed by atoms with Crippen LogP contribution in [0.1, 0.15) is 17.8 Å². The van der Waals surface area contributed by atoms with Gasteiger partial charge in [-0.1, -0.05) is 30.3 Å². The molecule has 4 bridgehead atoms. The van der Waals surface area contributed by atoms with Gasteiger partial charge in [0.05, 0.1) is 0 Å². The highest BCUT2D eigenvalue weighted by molar-refractivity contribution is 5.76. The van der Waals surface area contributed by atoms with Crippen LogP contribution in [0.3, 0.4) is 0 Å². The second kappa shape index (κ2) is 7.01. The van der Waals surface area contributed by atoms with Crippen LogP contribution in [-0.2, 0) is 16.8 Å². The lowest BCUT2D eigenvalue weighted by Crippen LogP contribution is -2.70. The summed E-state index contributed by atoms with van der Waals surface area (Å²) in [6.07, 6.45) is 4.24. The summed E-state index contributed by atoms with van der Waals surface area (Å²) in [7, 11) is 0. The van der Waals surface area contributed by atoms with Gasteiger partial charge in [0.2, 0.25) is 5.91 Å². The molecule has 1 aromatic carbocycles. The van der Waals surface area contributed by atoms with Gasteiger partial charge in [0.15, 0.2) is 0 Å². The van der Waals surface area contributed by atoms with E-state index in [1.54, 1.807) is 6.20 Å². The molecule has 28 heavy (non-hydrogen) atoms. The number of hydrogen-bond acceptors (Lipinski definition) is 4. The highest BCUT2D eigenvalue weighted by atomic mass is 16.1. The fourth-order valence-corrected chi connectivity index (χ4v) is 5.68. The van der Waals surface area contributed by atoms with Gasteiger partial charge in [0, 0.05) is 82.0 Å². The first-order valence-electron chi connectivity index (χ1n) is 10.4. The van der Waals surface area contributed by atoms with E-state index in [9.17, 15) is 4.79 Å². The molecule has 5 heterocycles. The molecule has 1 amide bonds. The van der Waals surface area contributed by atoms with Crippen molar-refractivity contribution >= 4 is 5.91 Å². The van der Waals surface area contributed by atoms with E-state index in [4.69, 9.17) is 0 Å².